The highest BCUT2D eigenvalue weighted by molar-refractivity contribution is 8.26. The Bertz CT molecular complexity index is 175. The van der Waals surface area contributed by atoms with Crippen LogP contribution in [0, 0.1) is 0 Å². The molecule has 76 valence electrons. The van der Waals surface area contributed by atoms with E-state index in [-0.39, 0.29) is 0 Å². The number of rotatable bonds is 4. The molecule has 0 fully saturated rings. The van der Waals surface area contributed by atoms with Crippen LogP contribution in [-0.4, -0.2) is 42.0 Å². The summed E-state index contributed by atoms with van der Waals surface area (Å²) in [5, 5.41) is 18.8. The van der Waals surface area contributed by atoms with Gasteiger partial charge in [0.1, 0.15) is 10.9 Å². The van der Waals surface area contributed by atoms with E-state index in [9.17, 15) is 10.2 Å². The van der Waals surface area contributed by atoms with Crippen LogP contribution in [0.1, 0.15) is 0 Å². The average molecular weight is 274 g/mol. The van der Waals surface area contributed by atoms with Crippen LogP contribution in [0.2, 0.25) is 0 Å². The summed E-state index contributed by atoms with van der Waals surface area (Å²) < 4.78 is 0.904. The van der Waals surface area contributed by atoms with E-state index < -0.39 is 10.9 Å². The Hall–Kier alpha value is 1.15. The Labute approximate surface area is 101 Å². The highest BCUT2D eigenvalue weighted by Crippen LogP contribution is 2.23. The maximum absolute atomic E-state index is 9.40. The molecular weight excluding hydrogens is 264 g/mol. The van der Waals surface area contributed by atoms with Gasteiger partial charge in [-0.25, -0.2) is 0 Å². The van der Waals surface area contributed by atoms with Gasteiger partial charge in [0, 0.05) is 0 Å². The number of hydrogen-bond donors (Lipinski definition) is 2. The average Bonchev–Trinajstić information content (AvgIpc) is 2.14. The summed E-state index contributed by atoms with van der Waals surface area (Å²) in [4.78, 5) is 0. The van der Waals surface area contributed by atoms with Gasteiger partial charge in [0.15, 0.2) is 0 Å². The lowest BCUT2D eigenvalue weighted by Crippen LogP contribution is -2.19. The predicted molar refractivity (Wildman–Crippen MR) is 71.8 cm³/mol. The first-order chi connectivity index (χ1) is 6.02. The predicted octanol–water partition coefficient (Wildman–Crippen LogP) is 1.74. The number of thiocarbonyl (C=S) groups is 2. The molecule has 0 radical (unpaired) electrons. The fourth-order valence-electron chi connectivity index (χ4n) is 0.435. The van der Waals surface area contributed by atoms with Crippen LogP contribution in [0.4, 0.5) is 0 Å². The Kier molecular flexibility index (Phi) is 8.10. The lowest BCUT2D eigenvalue weighted by molar-refractivity contribution is 0.306. The summed E-state index contributed by atoms with van der Waals surface area (Å²) in [6.07, 6.45) is 3.57. The van der Waals surface area contributed by atoms with Crippen molar-refractivity contribution in [1.82, 2.24) is 0 Å². The molecule has 0 rings (SSSR count). The second-order valence-electron chi connectivity index (χ2n) is 1.89. The highest BCUT2D eigenvalue weighted by atomic mass is 32.2. The van der Waals surface area contributed by atoms with Crippen molar-refractivity contribution >= 4 is 68.1 Å². The molecule has 13 heavy (non-hydrogen) atoms. The van der Waals surface area contributed by atoms with Gasteiger partial charge in [-0.3, -0.25) is 0 Å². The van der Waals surface area contributed by atoms with E-state index in [1.165, 1.54) is 23.5 Å². The van der Waals surface area contributed by atoms with Gasteiger partial charge in [-0.05, 0) is 12.5 Å². The van der Waals surface area contributed by atoms with Crippen LogP contribution in [-0.2, 0) is 0 Å². The van der Waals surface area contributed by atoms with Gasteiger partial charge < -0.3 is 10.2 Å². The normalized spacial score (nSPS) is 15.1. The van der Waals surface area contributed by atoms with E-state index in [1.807, 2.05) is 0 Å². The molecular formula is C6H10O2S5. The molecule has 0 bridgehead atoms. The van der Waals surface area contributed by atoms with Crippen molar-refractivity contribution in [3.63, 3.8) is 0 Å². The Morgan fingerprint density at radius 2 is 1.31 bits per heavy atom. The molecule has 0 saturated carbocycles. The van der Waals surface area contributed by atoms with Crippen molar-refractivity contribution in [3.05, 3.63) is 0 Å². The Morgan fingerprint density at radius 3 is 1.54 bits per heavy atom. The van der Waals surface area contributed by atoms with Gasteiger partial charge in [0.25, 0.3) is 0 Å². The van der Waals surface area contributed by atoms with Crippen molar-refractivity contribution < 1.29 is 10.2 Å². The molecule has 0 aromatic heterocycles. The molecule has 0 aliphatic rings. The molecule has 0 amide bonds. The quantitative estimate of drug-likeness (QED) is 0.598. The fourth-order valence-corrected chi connectivity index (χ4v) is 2.55. The van der Waals surface area contributed by atoms with Gasteiger partial charge in [0.2, 0.25) is 0 Å². The summed E-state index contributed by atoms with van der Waals surface area (Å²) >= 11 is 13.2. The lowest BCUT2D eigenvalue weighted by atomic mass is 10.8. The third-order valence-electron chi connectivity index (χ3n) is 1.06. The lowest BCUT2D eigenvalue weighted by Gasteiger charge is -2.14. The van der Waals surface area contributed by atoms with Crippen molar-refractivity contribution in [1.29, 1.82) is 0 Å². The van der Waals surface area contributed by atoms with E-state index in [4.69, 9.17) is 24.4 Å². The largest absolute Gasteiger partial charge is 0.376 e. The Balaban J connectivity index is 3.98. The van der Waals surface area contributed by atoms with Crippen LogP contribution in [0.25, 0.3) is 0 Å². The maximum Gasteiger partial charge on any atom is 0.143 e. The summed E-state index contributed by atoms with van der Waals surface area (Å²) in [5.41, 5.74) is -1.68. The zero-order valence-corrected chi connectivity index (χ0v) is 11.2. The molecule has 0 aliphatic heterocycles. The summed E-state index contributed by atoms with van der Waals surface area (Å²) in [5.74, 6) is 0. The van der Waals surface area contributed by atoms with Gasteiger partial charge in [-0.1, -0.05) is 36.2 Å². The number of aliphatic hydroxyl groups excluding tert-OH is 2. The van der Waals surface area contributed by atoms with E-state index >= 15 is 0 Å². The first-order valence-electron chi connectivity index (χ1n) is 3.20. The van der Waals surface area contributed by atoms with Gasteiger partial charge in [-0.15, -0.1) is 23.5 Å². The van der Waals surface area contributed by atoms with Crippen molar-refractivity contribution in [2.45, 2.75) is 10.9 Å². The molecule has 2 N–H and O–H groups in total. The number of aliphatic hydroxyl groups is 2. The molecule has 2 nitrogen and oxygen atoms in total. The fraction of sp³-hybridized carbons (Fsp3) is 0.667. The molecule has 7 heteroatoms. The van der Waals surface area contributed by atoms with E-state index in [0.29, 0.717) is 8.39 Å². The molecule has 0 spiro atoms. The summed E-state index contributed by atoms with van der Waals surface area (Å²) in [6.45, 7) is 0. The first-order valence-corrected chi connectivity index (χ1v) is 7.41. The maximum atomic E-state index is 9.40. The van der Waals surface area contributed by atoms with Gasteiger partial charge in [0.05, 0.1) is 8.39 Å². The van der Waals surface area contributed by atoms with Gasteiger partial charge >= 0.3 is 0 Å². The minimum absolute atomic E-state index is 0.452. The van der Waals surface area contributed by atoms with Crippen molar-refractivity contribution in [3.8, 4) is 0 Å². The smallest absolute Gasteiger partial charge is 0.143 e. The van der Waals surface area contributed by atoms with Crippen LogP contribution >= 0.6 is 59.7 Å². The minimum Gasteiger partial charge on any atom is -0.376 e. The van der Waals surface area contributed by atoms with Crippen LogP contribution in [0.5, 0.6) is 0 Å². The van der Waals surface area contributed by atoms with Crippen LogP contribution < -0.4 is 0 Å². The SMILES string of the molecule is CSC(=S)C(O)SC(O)C(=S)SC. The first kappa shape index (κ1) is 14.2. The van der Waals surface area contributed by atoms with E-state index in [2.05, 4.69) is 0 Å². The third kappa shape index (κ3) is 5.56. The van der Waals surface area contributed by atoms with Gasteiger partial charge in [-0.2, -0.15) is 0 Å². The third-order valence-corrected chi connectivity index (χ3v) is 5.35. The molecule has 2 unspecified atom stereocenters. The summed E-state index contributed by atoms with van der Waals surface area (Å²) in [7, 11) is 0. The zero-order chi connectivity index (χ0) is 10.4. The number of hydrogen-bond acceptors (Lipinski definition) is 7. The molecule has 0 heterocycles. The van der Waals surface area contributed by atoms with E-state index in [1.54, 1.807) is 12.5 Å². The standard InChI is InChI=1S/C6H10O2S5/c1-11-5(9)3(7)13-4(8)6(10)12-2/h3-4,7-8H,1-2H3. The monoisotopic (exact) mass is 274 g/mol. The molecule has 2 atom stereocenters. The molecule has 0 aromatic carbocycles. The highest BCUT2D eigenvalue weighted by Gasteiger charge is 2.18. The molecule has 0 saturated heterocycles. The zero-order valence-electron chi connectivity index (χ0n) is 7.09. The van der Waals surface area contributed by atoms with Crippen LogP contribution in [0.3, 0.4) is 0 Å². The van der Waals surface area contributed by atoms with Crippen LogP contribution in [0.15, 0.2) is 0 Å². The topological polar surface area (TPSA) is 40.5 Å². The Morgan fingerprint density at radius 1 is 1.00 bits per heavy atom. The minimum atomic E-state index is -0.843. The molecule has 0 aliphatic carbocycles. The summed E-state index contributed by atoms with van der Waals surface area (Å²) in [6, 6.07) is 0. The van der Waals surface area contributed by atoms with Crippen molar-refractivity contribution in [2.24, 2.45) is 0 Å². The van der Waals surface area contributed by atoms with E-state index in [0.717, 1.165) is 11.8 Å². The number of thioether (sulfide) groups is 3. The second-order valence-corrected chi connectivity index (χ2v) is 6.14. The molecule has 0 aromatic rings. The van der Waals surface area contributed by atoms with Crippen molar-refractivity contribution in [2.75, 3.05) is 12.5 Å². The second kappa shape index (κ2) is 7.44.